The second-order valence-electron chi connectivity index (χ2n) is 47.5. The Bertz CT molecular complexity index is 3780. The lowest BCUT2D eigenvalue weighted by molar-refractivity contribution is 0.308. The number of hydrogen-bond acceptors (Lipinski definition) is 0. The summed E-state index contributed by atoms with van der Waals surface area (Å²) in [7, 11) is 0. The molecule has 0 heteroatoms. The summed E-state index contributed by atoms with van der Waals surface area (Å²) in [6, 6.07) is 62.4. The minimum Gasteiger partial charge on any atom is -0.0985 e. The molecule has 0 radical (unpaired) electrons. The van der Waals surface area contributed by atoms with Crippen LogP contribution in [0.15, 0.2) is 152 Å². The summed E-state index contributed by atoms with van der Waals surface area (Å²) >= 11 is 0. The molecule has 0 aliphatic rings. The highest BCUT2D eigenvalue weighted by atomic mass is 14.5. The van der Waals surface area contributed by atoms with Gasteiger partial charge in [0.2, 0.25) is 0 Å². The summed E-state index contributed by atoms with van der Waals surface area (Å²) in [5, 5.41) is 0. The number of hydrogen-bond donors (Lipinski definition) is 0. The highest BCUT2D eigenvalue weighted by Gasteiger charge is 2.44. The molecule has 0 N–H and O–H groups in total. The van der Waals surface area contributed by atoms with Crippen LogP contribution in [0.25, 0.3) is 6.08 Å². The average Bonchev–Trinajstić information content (AvgIpc) is 0.742. The Kier molecular flexibility index (Phi) is 60.0. The van der Waals surface area contributed by atoms with Crippen LogP contribution in [0, 0.1) is 0 Å². The van der Waals surface area contributed by atoms with E-state index >= 15 is 0 Å². The van der Waals surface area contributed by atoms with Crippen molar-refractivity contribution in [3.63, 3.8) is 0 Å². The SMILES string of the molecule is C=Cc1ccc(C(C)(C)C(c2ccc(C(C)(C)C(CCCCCCCCCCCC)c3ccc(C(C)(C)CCCCCCCCCCCC)cc3)cc2)C(c2ccc(C(C)(C)C(CCCCCCCCCCCC)c3ccc(C(C)(C)CCCCCCCCCCCC)cc3)cc2)C(CCCCCCCCCCCC)c2ccc(C(C)(C)CCCCCCCCCCCCC)cc2)cc1. The van der Waals surface area contributed by atoms with Gasteiger partial charge in [0, 0.05) is 5.92 Å². The van der Waals surface area contributed by atoms with E-state index in [4.69, 9.17) is 0 Å². The van der Waals surface area contributed by atoms with Crippen molar-refractivity contribution < 1.29 is 0 Å². The Morgan fingerprint density at radius 1 is 0.194 bits per heavy atom. The van der Waals surface area contributed by atoms with Gasteiger partial charge in [0.05, 0.1) is 0 Å². The van der Waals surface area contributed by atoms with E-state index in [-0.39, 0.29) is 50.2 Å². The molecule has 0 amide bonds. The topological polar surface area (TPSA) is 0 Å². The second kappa shape index (κ2) is 68.2. The van der Waals surface area contributed by atoms with Crippen LogP contribution in [0.4, 0.5) is 0 Å². The molecule has 0 aliphatic carbocycles. The van der Waals surface area contributed by atoms with Gasteiger partial charge in [-0.2, -0.15) is 0 Å². The van der Waals surface area contributed by atoms with Crippen molar-refractivity contribution in [1.82, 2.24) is 0 Å². The Hall–Kier alpha value is -4.94. The fourth-order valence-corrected chi connectivity index (χ4v) is 23.9. The monoisotopic (exact) mass is 1830 g/mol. The molecule has 5 atom stereocenters. The standard InChI is InChI=1S/C134H220/c1-20-27-33-39-45-51-57-63-69-75-79-109-129(8,9)118-99-87-113(88-100-118)124(82-76-70-64-58-52-46-40-34-28-21-2)127(116-93-105-121(106-94-116)132(14,15)125(83-77-71-65-59-53-47-41-35-29-22-3)114-89-101-119(102-90-114)130(10,11)110-80-73-67-61-55-49-43-37-31-24-5)128(134(18,19)123-97-85-112(26-7)86-98-123)117-95-107-122(108-96-117)133(16,17)126(84-78-72-66-60-54-48-42-36-30-23-4)115-91-103-120(104-92-115)131(12,13)111-81-74-68-62-56-50-44-38-32-25-6/h26,85-108,124-128H,7,20-25,27-84,109-111H2,1-6,8-19H3. The summed E-state index contributed by atoms with van der Waals surface area (Å²) in [6.45, 7) is 49.4. The van der Waals surface area contributed by atoms with Gasteiger partial charge < -0.3 is 0 Å². The Morgan fingerprint density at radius 3 is 0.642 bits per heavy atom. The Morgan fingerprint density at radius 2 is 0.388 bits per heavy atom. The van der Waals surface area contributed by atoms with E-state index in [0.29, 0.717) is 11.8 Å². The van der Waals surface area contributed by atoms with Gasteiger partial charge in [0.1, 0.15) is 0 Å². The highest BCUT2D eigenvalue weighted by Crippen LogP contribution is 2.56. The lowest BCUT2D eigenvalue weighted by Gasteiger charge is -2.45. The summed E-state index contributed by atoms with van der Waals surface area (Å²) in [5.74, 6) is 1.32. The normalized spacial score (nSPS) is 13.7. The largest absolute Gasteiger partial charge is 0.0985 e. The van der Waals surface area contributed by atoms with Gasteiger partial charge >= 0.3 is 0 Å². The first-order chi connectivity index (χ1) is 64.9. The number of rotatable bonds is 84. The van der Waals surface area contributed by atoms with Gasteiger partial charge in [-0.05, 0) is 161 Å². The van der Waals surface area contributed by atoms with Crippen LogP contribution >= 0.6 is 0 Å². The van der Waals surface area contributed by atoms with Gasteiger partial charge in [-0.1, -0.05) is 675 Å². The first kappa shape index (κ1) is 118. The van der Waals surface area contributed by atoms with E-state index in [2.05, 4.69) is 277 Å². The quantitative estimate of drug-likeness (QED) is 0.0334. The maximum atomic E-state index is 4.32. The highest BCUT2D eigenvalue weighted by molar-refractivity contribution is 5.51. The van der Waals surface area contributed by atoms with Crippen LogP contribution < -0.4 is 0 Å². The van der Waals surface area contributed by atoms with Gasteiger partial charge in [-0.25, -0.2) is 0 Å². The van der Waals surface area contributed by atoms with E-state index in [1.807, 2.05) is 6.08 Å². The van der Waals surface area contributed by atoms with Crippen molar-refractivity contribution in [1.29, 1.82) is 0 Å². The summed E-state index contributed by atoms with van der Waals surface area (Å²) in [5.41, 5.74) is 17.5. The predicted octanol–water partition coefficient (Wildman–Crippen LogP) is 45.2. The molecule has 0 spiro atoms. The van der Waals surface area contributed by atoms with Crippen molar-refractivity contribution in [3.05, 3.63) is 219 Å². The molecule has 0 fully saturated rings. The van der Waals surface area contributed by atoms with Gasteiger partial charge in [0.25, 0.3) is 0 Å². The third kappa shape index (κ3) is 43.7. The molecular weight excluding hydrogens is 1610 g/mol. The van der Waals surface area contributed by atoms with Gasteiger partial charge in [0.15, 0.2) is 0 Å². The van der Waals surface area contributed by atoms with Crippen molar-refractivity contribution >= 4 is 6.08 Å². The lowest BCUT2D eigenvalue weighted by atomic mass is 9.58. The van der Waals surface area contributed by atoms with E-state index in [1.165, 1.54) is 491 Å². The van der Waals surface area contributed by atoms with E-state index in [1.54, 1.807) is 0 Å². The summed E-state index contributed by atoms with van der Waals surface area (Å²) in [6.07, 6.45) is 93.0. The van der Waals surface area contributed by atoms with Crippen molar-refractivity contribution in [2.24, 2.45) is 0 Å². The number of benzene rings is 6. The Labute approximate surface area is 836 Å². The molecular formula is C134H220. The first-order valence-corrected chi connectivity index (χ1v) is 59.1. The van der Waals surface area contributed by atoms with E-state index in [0.717, 1.165) is 6.42 Å². The summed E-state index contributed by atoms with van der Waals surface area (Å²) in [4.78, 5) is 0. The maximum absolute atomic E-state index is 4.32. The van der Waals surface area contributed by atoms with Crippen LogP contribution in [-0.2, 0) is 32.5 Å². The fraction of sp³-hybridized carbons (Fsp3) is 0.716. The van der Waals surface area contributed by atoms with Crippen LogP contribution in [0.2, 0.25) is 0 Å². The zero-order valence-corrected chi connectivity index (χ0v) is 92.4. The summed E-state index contributed by atoms with van der Waals surface area (Å²) < 4.78 is 0. The van der Waals surface area contributed by atoms with Crippen LogP contribution in [0.1, 0.15) is 651 Å². The third-order valence-electron chi connectivity index (χ3n) is 33.8. The smallest absolute Gasteiger partial charge is 0.000460 e. The minimum absolute atomic E-state index is 0.0956. The Balaban J connectivity index is 1.51. The van der Waals surface area contributed by atoms with Crippen LogP contribution in [0.3, 0.4) is 0 Å². The molecule has 0 aromatic heterocycles. The molecule has 0 heterocycles. The molecule has 134 heavy (non-hydrogen) atoms. The molecule has 0 saturated heterocycles. The fourth-order valence-electron chi connectivity index (χ4n) is 23.9. The average molecular weight is 1830 g/mol. The van der Waals surface area contributed by atoms with Crippen LogP contribution in [0.5, 0.6) is 0 Å². The molecule has 6 rings (SSSR count). The van der Waals surface area contributed by atoms with E-state index in [9.17, 15) is 0 Å². The molecule has 0 saturated carbocycles. The first-order valence-electron chi connectivity index (χ1n) is 59.1. The molecule has 6 aromatic carbocycles. The van der Waals surface area contributed by atoms with Crippen molar-refractivity contribution in [2.45, 2.75) is 617 Å². The van der Waals surface area contributed by atoms with Gasteiger partial charge in [-0.15, -0.1) is 0 Å². The lowest BCUT2D eigenvalue weighted by Crippen LogP contribution is -2.35. The molecule has 756 valence electrons. The molecule has 0 nitrogen and oxygen atoms in total. The molecule has 5 unspecified atom stereocenters. The minimum atomic E-state index is -0.291. The number of unbranched alkanes of at least 4 members (excludes halogenated alkanes) is 55. The zero-order chi connectivity index (χ0) is 96.9. The molecule has 0 aliphatic heterocycles. The predicted molar refractivity (Wildman–Crippen MR) is 604 cm³/mol. The second-order valence-corrected chi connectivity index (χ2v) is 47.5. The van der Waals surface area contributed by atoms with Crippen LogP contribution in [-0.4, -0.2) is 0 Å². The van der Waals surface area contributed by atoms with Crippen molar-refractivity contribution in [3.8, 4) is 0 Å². The van der Waals surface area contributed by atoms with Crippen molar-refractivity contribution in [2.75, 3.05) is 0 Å². The van der Waals surface area contributed by atoms with Gasteiger partial charge in [-0.3, -0.25) is 0 Å². The van der Waals surface area contributed by atoms with E-state index < -0.39 is 0 Å². The molecule has 6 aromatic rings. The maximum Gasteiger partial charge on any atom is 0.000460 e. The molecule has 0 bridgehead atoms. The zero-order valence-electron chi connectivity index (χ0n) is 92.4. The third-order valence-corrected chi connectivity index (χ3v) is 33.8.